The van der Waals surface area contributed by atoms with Gasteiger partial charge in [0, 0.05) is 6.42 Å². The van der Waals surface area contributed by atoms with E-state index in [1.807, 2.05) is 6.07 Å². The second-order valence-corrected chi connectivity index (χ2v) is 4.43. The Morgan fingerprint density at radius 1 is 1.62 bits per heavy atom. The fraction of sp³-hybridized carbons (Fsp3) is 0.750. The van der Waals surface area contributed by atoms with Crippen LogP contribution in [0.3, 0.4) is 0 Å². The molecule has 0 saturated heterocycles. The van der Waals surface area contributed by atoms with Gasteiger partial charge in [-0.1, -0.05) is 0 Å². The van der Waals surface area contributed by atoms with Crippen LogP contribution in [-0.4, -0.2) is 16.7 Å². The zero-order valence-corrected chi connectivity index (χ0v) is 9.28. The van der Waals surface area contributed by atoms with Crippen LogP contribution >= 0.6 is 25.3 Å². The summed E-state index contributed by atoms with van der Waals surface area (Å²) in [6.45, 7) is 2.05. The minimum absolute atomic E-state index is 0.319. The summed E-state index contributed by atoms with van der Waals surface area (Å²) in [5.41, 5.74) is 0. The second kappa shape index (κ2) is 6.17. The van der Waals surface area contributed by atoms with Crippen molar-refractivity contribution in [3.05, 3.63) is 0 Å². The lowest BCUT2D eigenvalue weighted by molar-refractivity contribution is -0.143. The second-order valence-electron chi connectivity index (χ2n) is 2.55. The third-order valence-corrected chi connectivity index (χ3v) is 2.23. The Bertz CT molecular complexity index is 211. The van der Waals surface area contributed by atoms with Gasteiger partial charge in [-0.15, -0.1) is 0 Å². The van der Waals surface area contributed by atoms with E-state index in [9.17, 15) is 4.79 Å². The fourth-order valence-electron chi connectivity index (χ4n) is 0.763. The highest BCUT2D eigenvalue weighted by Gasteiger charge is 2.30. The summed E-state index contributed by atoms with van der Waals surface area (Å²) in [7, 11) is 0. The minimum Gasteiger partial charge on any atom is -0.464 e. The molecule has 0 saturated carbocycles. The van der Waals surface area contributed by atoms with Crippen molar-refractivity contribution in [2.45, 2.75) is 30.3 Å². The number of hydrogen-bond acceptors (Lipinski definition) is 5. The van der Waals surface area contributed by atoms with Crippen molar-refractivity contribution in [1.29, 1.82) is 5.26 Å². The van der Waals surface area contributed by atoms with Crippen LogP contribution in [0.4, 0.5) is 0 Å². The average Bonchev–Trinajstić information content (AvgIpc) is 2.05. The monoisotopic (exact) mass is 219 g/mol. The van der Waals surface area contributed by atoms with Gasteiger partial charge in [-0.05, 0) is 19.8 Å². The van der Waals surface area contributed by atoms with Crippen molar-refractivity contribution in [3.63, 3.8) is 0 Å². The third-order valence-electron chi connectivity index (χ3n) is 1.42. The summed E-state index contributed by atoms with van der Waals surface area (Å²) in [6.07, 6.45) is 1.44. The van der Waals surface area contributed by atoms with Gasteiger partial charge in [0.15, 0.2) is 4.08 Å². The molecule has 0 bridgehead atoms. The van der Waals surface area contributed by atoms with Crippen LogP contribution in [0.25, 0.3) is 0 Å². The van der Waals surface area contributed by atoms with E-state index in [1.54, 1.807) is 6.92 Å². The van der Waals surface area contributed by atoms with Gasteiger partial charge in [-0.25, -0.2) is 4.79 Å². The first kappa shape index (κ1) is 12.7. The van der Waals surface area contributed by atoms with E-state index >= 15 is 0 Å². The van der Waals surface area contributed by atoms with Crippen LogP contribution in [0.15, 0.2) is 0 Å². The number of carbonyl (C=O) groups excluding carboxylic acids is 1. The number of nitrogens with zero attached hydrogens (tertiary/aromatic N) is 1. The molecule has 0 aromatic heterocycles. The van der Waals surface area contributed by atoms with E-state index in [0.717, 1.165) is 0 Å². The number of esters is 1. The van der Waals surface area contributed by atoms with Crippen molar-refractivity contribution >= 4 is 31.2 Å². The highest BCUT2D eigenvalue weighted by Crippen LogP contribution is 2.27. The standard InChI is InChI=1S/C8H13NO2S2/c1-2-11-7(10)8(12,13)5-3-4-6-9/h12-13H,2-5H2,1H3. The van der Waals surface area contributed by atoms with Crippen LogP contribution in [-0.2, 0) is 9.53 Å². The number of thiol groups is 2. The van der Waals surface area contributed by atoms with E-state index in [1.165, 1.54) is 0 Å². The summed E-state index contributed by atoms with van der Waals surface area (Å²) in [4.78, 5) is 11.2. The molecular formula is C8H13NO2S2. The van der Waals surface area contributed by atoms with E-state index in [4.69, 9.17) is 10.00 Å². The predicted octanol–water partition coefficient (Wildman–Crippen LogP) is 1.80. The zero-order chi connectivity index (χ0) is 10.3. The molecule has 0 aromatic rings. The van der Waals surface area contributed by atoms with Gasteiger partial charge in [0.05, 0.1) is 12.7 Å². The summed E-state index contributed by atoms with van der Waals surface area (Å²) < 4.78 is 3.70. The van der Waals surface area contributed by atoms with Crippen LogP contribution in [0.5, 0.6) is 0 Å². The number of hydrogen-bond donors (Lipinski definition) is 2. The van der Waals surface area contributed by atoms with E-state index < -0.39 is 10.0 Å². The maximum Gasteiger partial charge on any atom is 0.331 e. The molecule has 0 aliphatic rings. The Morgan fingerprint density at radius 2 is 2.23 bits per heavy atom. The molecule has 0 heterocycles. The largest absolute Gasteiger partial charge is 0.464 e. The Balaban J connectivity index is 3.92. The zero-order valence-electron chi connectivity index (χ0n) is 7.49. The molecule has 74 valence electrons. The first-order valence-corrected chi connectivity index (χ1v) is 4.93. The molecule has 0 amide bonds. The molecule has 13 heavy (non-hydrogen) atoms. The molecular weight excluding hydrogens is 206 g/mol. The molecule has 0 atom stereocenters. The molecule has 0 aliphatic heterocycles. The molecule has 0 spiro atoms. The Hall–Kier alpha value is -0.340. The summed E-state index contributed by atoms with van der Waals surface area (Å²) >= 11 is 8.14. The highest BCUT2D eigenvalue weighted by atomic mass is 32.2. The van der Waals surface area contributed by atoms with Crippen molar-refractivity contribution in [2.75, 3.05) is 6.61 Å². The van der Waals surface area contributed by atoms with Crippen LogP contribution in [0.2, 0.25) is 0 Å². The van der Waals surface area contributed by atoms with Crippen LogP contribution < -0.4 is 0 Å². The normalized spacial score (nSPS) is 10.6. The average molecular weight is 219 g/mol. The van der Waals surface area contributed by atoms with Crippen molar-refractivity contribution < 1.29 is 9.53 Å². The Morgan fingerprint density at radius 3 is 2.69 bits per heavy atom. The van der Waals surface area contributed by atoms with Gasteiger partial charge in [0.25, 0.3) is 0 Å². The van der Waals surface area contributed by atoms with Gasteiger partial charge >= 0.3 is 5.97 Å². The number of carbonyl (C=O) groups is 1. The van der Waals surface area contributed by atoms with E-state index in [2.05, 4.69) is 25.3 Å². The Labute approximate surface area is 89.3 Å². The van der Waals surface area contributed by atoms with Crippen molar-refractivity contribution in [2.24, 2.45) is 0 Å². The molecule has 0 unspecified atom stereocenters. The molecule has 0 aromatic carbocycles. The maximum absolute atomic E-state index is 11.2. The van der Waals surface area contributed by atoms with Crippen molar-refractivity contribution in [1.82, 2.24) is 0 Å². The Kier molecular flexibility index (Phi) is 6.00. The third kappa shape index (κ3) is 5.06. The summed E-state index contributed by atoms with van der Waals surface area (Å²) in [6, 6.07) is 1.99. The number of nitriles is 1. The lowest BCUT2D eigenvalue weighted by atomic mass is 10.2. The van der Waals surface area contributed by atoms with E-state index in [0.29, 0.717) is 25.9 Å². The SMILES string of the molecule is CCOC(=O)C(S)(S)CCCC#N. The minimum atomic E-state index is -1.06. The summed E-state index contributed by atoms with van der Waals surface area (Å²) in [5.74, 6) is -0.445. The number of unbranched alkanes of at least 4 members (excludes halogenated alkanes) is 1. The highest BCUT2D eigenvalue weighted by molar-refractivity contribution is 8.01. The summed E-state index contributed by atoms with van der Waals surface area (Å²) in [5, 5.41) is 8.29. The molecule has 0 N–H and O–H groups in total. The van der Waals surface area contributed by atoms with Crippen molar-refractivity contribution in [3.8, 4) is 6.07 Å². The van der Waals surface area contributed by atoms with Gasteiger partial charge in [-0.3, -0.25) is 0 Å². The van der Waals surface area contributed by atoms with Gasteiger partial charge in [0.1, 0.15) is 0 Å². The van der Waals surface area contributed by atoms with Crippen LogP contribution in [0.1, 0.15) is 26.2 Å². The molecule has 0 rings (SSSR count). The fourth-order valence-corrected chi connectivity index (χ4v) is 1.21. The number of ether oxygens (including phenoxy) is 1. The molecule has 0 aliphatic carbocycles. The molecule has 0 fully saturated rings. The predicted molar refractivity (Wildman–Crippen MR) is 56.8 cm³/mol. The first-order valence-electron chi connectivity index (χ1n) is 4.03. The first-order chi connectivity index (χ1) is 6.04. The molecule has 3 nitrogen and oxygen atoms in total. The molecule has 5 heteroatoms. The lowest BCUT2D eigenvalue weighted by Crippen LogP contribution is -2.28. The quantitative estimate of drug-likeness (QED) is 0.321. The topological polar surface area (TPSA) is 50.1 Å². The molecule has 0 radical (unpaired) electrons. The number of rotatable bonds is 5. The smallest absolute Gasteiger partial charge is 0.331 e. The van der Waals surface area contributed by atoms with E-state index in [-0.39, 0.29) is 0 Å². The van der Waals surface area contributed by atoms with Gasteiger partial charge in [-0.2, -0.15) is 30.5 Å². The van der Waals surface area contributed by atoms with Gasteiger partial charge in [0.2, 0.25) is 0 Å². The maximum atomic E-state index is 11.2. The van der Waals surface area contributed by atoms with Gasteiger partial charge < -0.3 is 4.74 Å². The lowest BCUT2D eigenvalue weighted by Gasteiger charge is -2.19. The van der Waals surface area contributed by atoms with Crippen LogP contribution in [0, 0.1) is 11.3 Å².